The predicted molar refractivity (Wildman–Crippen MR) is 113 cm³/mol. The van der Waals surface area contributed by atoms with E-state index in [1.165, 1.54) is 37.3 Å². The van der Waals surface area contributed by atoms with E-state index in [9.17, 15) is 9.59 Å². The number of esters is 1. The summed E-state index contributed by atoms with van der Waals surface area (Å²) in [7, 11) is 0. The van der Waals surface area contributed by atoms with Gasteiger partial charge in [-0.2, -0.15) is 0 Å². The molecule has 0 saturated carbocycles. The van der Waals surface area contributed by atoms with Gasteiger partial charge in [-0.25, -0.2) is 4.79 Å². The third-order valence-electron chi connectivity index (χ3n) is 5.88. The van der Waals surface area contributed by atoms with Crippen molar-refractivity contribution in [2.24, 2.45) is 0 Å². The van der Waals surface area contributed by atoms with E-state index in [0.717, 1.165) is 42.8 Å². The Labute approximate surface area is 172 Å². The van der Waals surface area contributed by atoms with Crippen molar-refractivity contribution in [3.63, 3.8) is 0 Å². The fraction of sp³-hybridized carbons (Fsp3) is 0.714. The van der Waals surface area contributed by atoms with E-state index in [-0.39, 0.29) is 11.9 Å². The highest BCUT2D eigenvalue weighted by Crippen LogP contribution is 2.34. The average Bonchev–Trinajstić information content (AvgIpc) is 3.30. The third-order valence-corrected chi connectivity index (χ3v) is 6.94. The van der Waals surface area contributed by atoms with Gasteiger partial charge in [-0.1, -0.05) is 6.92 Å². The summed E-state index contributed by atoms with van der Waals surface area (Å²) in [6, 6.07) is 0.685. The quantitative estimate of drug-likeness (QED) is 0.703. The third kappa shape index (κ3) is 4.93. The van der Waals surface area contributed by atoms with Crippen LogP contribution in [0.5, 0.6) is 0 Å². The first-order valence-electron chi connectivity index (χ1n) is 10.6. The van der Waals surface area contributed by atoms with E-state index < -0.39 is 0 Å². The van der Waals surface area contributed by atoms with Gasteiger partial charge in [0.25, 0.3) is 0 Å². The number of nitrogens with one attached hydrogen (secondary N) is 1. The Kier molecular flexibility index (Phi) is 7.48. The van der Waals surface area contributed by atoms with Gasteiger partial charge in [-0.3, -0.25) is 9.69 Å². The van der Waals surface area contributed by atoms with Crippen molar-refractivity contribution in [2.75, 3.05) is 44.6 Å². The van der Waals surface area contributed by atoms with E-state index in [1.807, 2.05) is 13.8 Å². The zero-order chi connectivity index (χ0) is 20.1. The van der Waals surface area contributed by atoms with Crippen LogP contribution >= 0.6 is 11.3 Å². The summed E-state index contributed by atoms with van der Waals surface area (Å²) >= 11 is 1.47. The van der Waals surface area contributed by atoms with Crippen molar-refractivity contribution in [1.29, 1.82) is 0 Å². The molecule has 2 fully saturated rings. The molecule has 3 rings (SSSR count). The molecule has 0 atom stereocenters. The van der Waals surface area contributed by atoms with E-state index >= 15 is 0 Å². The minimum Gasteiger partial charge on any atom is -0.462 e. The summed E-state index contributed by atoms with van der Waals surface area (Å²) in [6.07, 6.45) is 5.67. The zero-order valence-electron chi connectivity index (χ0n) is 17.4. The molecule has 1 amide bonds. The molecule has 1 N–H and O–H groups in total. The van der Waals surface area contributed by atoms with Crippen molar-refractivity contribution in [3.05, 3.63) is 16.0 Å². The van der Waals surface area contributed by atoms with Gasteiger partial charge in [0.1, 0.15) is 5.00 Å². The lowest BCUT2D eigenvalue weighted by atomic mass is 10.0. The number of likely N-dealkylation sites (tertiary alicyclic amines) is 2. The number of nitrogens with zero attached hydrogens (tertiary/aromatic N) is 2. The highest BCUT2D eigenvalue weighted by atomic mass is 32.1. The predicted octanol–water partition coefficient (Wildman–Crippen LogP) is 3.29. The number of hydrogen-bond donors (Lipinski definition) is 1. The number of ether oxygens (including phenoxy) is 1. The van der Waals surface area contributed by atoms with Crippen LogP contribution in [0.4, 0.5) is 5.00 Å². The summed E-state index contributed by atoms with van der Waals surface area (Å²) in [5.41, 5.74) is 1.51. The van der Waals surface area contributed by atoms with Gasteiger partial charge in [0.15, 0.2) is 0 Å². The molecule has 0 radical (unpaired) electrons. The van der Waals surface area contributed by atoms with E-state index in [2.05, 4.69) is 15.1 Å². The van der Waals surface area contributed by atoms with E-state index in [1.54, 1.807) is 6.92 Å². The van der Waals surface area contributed by atoms with Gasteiger partial charge < -0.3 is 15.0 Å². The Morgan fingerprint density at radius 1 is 1.14 bits per heavy atom. The molecule has 0 bridgehead atoms. The number of carbonyl (C=O) groups excluding carboxylic acids is 2. The number of anilines is 1. The number of rotatable bonds is 7. The Morgan fingerprint density at radius 2 is 1.82 bits per heavy atom. The van der Waals surface area contributed by atoms with Crippen LogP contribution in [-0.4, -0.2) is 67.0 Å². The number of hydrogen-bond acceptors (Lipinski definition) is 6. The number of carbonyl (C=O) groups is 2. The summed E-state index contributed by atoms with van der Waals surface area (Å²) in [5.74, 6) is -0.389. The number of piperidine rings is 1. The van der Waals surface area contributed by atoms with Crippen LogP contribution in [0.25, 0.3) is 0 Å². The van der Waals surface area contributed by atoms with Gasteiger partial charge in [-0.15, -0.1) is 11.3 Å². The maximum atomic E-state index is 12.7. The first kappa shape index (κ1) is 21.3. The molecule has 2 saturated heterocycles. The minimum absolute atomic E-state index is 0.0472. The maximum Gasteiger partial charge on any atom is 0.341 e. The van der Waals surface area contributed by atoms with E-state index in [4.69, 9.17) is 4.74 Å². The van der Waals surface area contributed by atoms with Crippen LogP contribution in [0.2, 0.25) is 0 Å². The average molecular weight is 408 g/mol. The van der Waals surface area contributed by atoms with Gasteiger partial charge >= 0.3 is 5.97 Å². The first-order valence-corrected chi connectivity index (χ1v) is 11.4. The smallest absolute Gasteiger partial charge is 0.341 e. The van der Waals surface area contributed by atoms with Crippen LogP contribution in [-0.2, 0) is 16.0 Å². The van der Waals surface area contributed by atoms with Crippen LogP contribution in [0, 0.1) is 6.92 Å². The van der Waals surface area contributed by atoms with Crippen LogP contribution in [0.3, 0.4) is 0 Å². The fourth-order valence-corrected chi connectivity index (χ4v) is 5.58. The van der Waals surface area contributed by atoms with Crippen molar-refractivity contribution >= 4 is 28.2 Å². The fourth-order valence-electron chi connectivity index (χ4n) is 4.43. The molecule has 156 valence electrons. The normalized spacial score (nSPS) is 19.1. The lowest BCUT2D eigenvalue weighted by molar-refractivity contribution is -0.117. The van der Waals surface area contributed by atoms with Crippen LogP contribution in [0.15, 0.2) is 0 Å². The van der Waals surface area contributed by atoms with Crippen molar-refractivity contribution in [3.8, 4) is 0 Å². The molecule has 1 aromatic heterocycles. The molecule has 0 aliphatic carbocycles. The second kappa shape index (κ2) is 9.85. The summed E-state index contributed by atoms with van der Waals surface area (Å²) in [4.78, 5) is 31.0. The van der Waals surface area contributed by atoms with Gasteiger partial charge in [0.05, 0.1) is 18.7 Å². The Morgan fingerprint density at radius 3 is 2.43 bits per heavy atom. The molecule has 1 aromatic rings. The van der Waals surface area contributed by atoms with Crippen molar-refractivity contribution < 1.29 is 14.3 Å². The largest absolute Gasteiger partial charge is 0.462 e. The van der Waals surface area contributed by atoms with Gasteiger partial charge in [0.2, 0.25) is 5.91 Å². The second-order valence-electron chi connectivity index (χ2n) is 7.71. The summed E-state index contributed by atoms with van der Waals surface area (Å²) < 4.78 is 5.22. The monoisotopic (exact) mass is 407 g/mol. The molecule has 2 aliphatic rings. The molecule has 2 aliphatic heterocycles. The van der Waals surface area contributed by atoms with Crippen molar-refractivity contribution in [2.45, 2.75) is 58.9 Å². The molecule has 0 aromatic carbocycles. The first-order chi connectivity index (χ1) is 13.5. The zero-order valence-corrected chi connectivity index (χ0v) is 18.2. The molecule has 3 heterocycles. The number of thiophene rings is 1. The molecular weight excluding hydrogens is 374 g/mol. The standard InChI is InChI=1S/C21H33N3O3S/c1-4-17-15(3)28-20(19(17)21(26)27-5-2)22-18(25)14-23-12-8-16(9-13-23)24-10-6-7-11-24/h16H,4-14H2,1-3H3,(H,22,25). The summed E-state index contributed by atoms with van der Waals surface area (Å²) in [5, 5.41) is 3.62. The SMILES string of the molecule is CCOC(=O)c1c(NC(=O)CN2CCC(N3CCCC3)CC2)sc(C)c1CC. The Balaban J connectivity index is 1.57. The summed E-state index contributed by atoms with van der Waals surface area (Å²) in [6.45, 7) is 10.9. The highest BCUT2D eigenvalue weighted by molar-refractivity contribution is 7.16. The molecular formula is C21H33N3O3S. The van der Waals surface area contributed by atoms with Gasteiger partial charge in [-0.05, 0) is 64.6 Å². The lowest BCUT2D eigenvalue weighted by Gasteiger charge is -2.36. The second-order valence-corrected chi connectivity index (χ2v) is 8.94. The molecule has 6 nitrogen and oxygen atoms in total. The Bertz CT molecular complexity index is 689. The molecule has 7 heteroatoms. The number of amides is 1. The topological polar surface area (TPSA) is 61.9 Å². The molecule has 28 heavy (non-hydrogen) atoms. The lowest BCUT2D eigenvalue weighted by Crippen LogP contribution is -2.45. The van der Waals surface area contributed by atoms with Crippen molar-refractivity contribution in [1.82, 2.24) is 9.80 Å². The maximum absolute atomic E-state index is 12.7. The minimum atomic E-state index is -0.342. The van der Waals surface area contributed by atoms with Crippen LogP contribution in [0.1, 0.15) is 60.3 Å². The van der Waals surface area contributed by atoms with Crippen LogP contribution < -0.4 is 5.32 Å². The molecule has 0 unspecified atom stereocenters. The highest BCUT2D eigenvalue weighted by Gasteiger charge is 2.28. The molecule has 0 spiro atoms. The van der Waals surface area contributed by atoms with E-state index in [0.29, 0.717) is 29.8 Å². The van der Waals surface area contributed by atoms with Gasteiger partial charge in [0, 0.05) is 24.0 Å². The Hall–Kier alpha value is -1.44. The number of aryl methyl sites for hydroxylation is 1.